The summed E-state index contributed by atoms with van der Waals surface area (Å²) in [5.74, 6) is 0.163. The molecule has 0 unspecified atom stereocenters. The third-order valence-corrected chi connectivity index (χ3v) is 6.03. The second kappa shape index (κ2) is 10.9. The van der Waals surface area contributed by atoms with Crippen molar-refractivity contribution in [3.8, 4) is 11.8 Å². The minimum atomic E-state index is -0.368. The topological polar surface area (TPSA) is 87.3 Å². The van der Waals surface area contributed by atoms with Crippen LogP contribution >= 0.6 is 11.8 Å². The standard InChI is InChI=1S/C23H23FN6O2S/c24-18-6-4-9-20(16-18)30-22(28-12-14-32-15-13-28)26-27-23(30)33-17-21(31)29(11-5-10-25)19-7-2-1-3-8-19/h1-4,6-9,16H,5,11-15,17H2. The zero-order chi connectivity index (χ0) is 23.0. The molecule has 0 atom stereocenters. The van der Waals surface area contributed by atoms with Gasteiger partial charge in [-0.2, -0.15) is 5.26 Å². The molecule has 10 heteroatoms. The molecule has 33 heavy (non-hydrogen) atoms. The third kappa shape index (κ3) is 5.50. The number of amides is 1. The van der Waals surface area contributed by atoms with Crippen molar-refractivity contribution in [2.45, 2.75) is 11.6 Å². The summed E-state index contributed by atoms with van der Waals surface area (Å²) in [4.78, 5) is 16.7. The molecule has 2 aromatic carbocycles. The highest BCUT2D eigenvalue weighted by atomic mass is 32.2. The number of benzene rings is 2. The fourth-order valence-electron chi connectivity index (χ4n) is 3.54. The fraction of sp³-hybridized carbons (Fsp3) is 0.304. The van der Waals surface area contributed by atoms with E-state index in [-0.39, 0.29) is 23.9 Å². The molecule has 0 aliphatic carbocycles. The SMILES string of the molecule is N#CCCN(C(=O)CSc1nnc(N2CCOCC2)n1-c1cccc(F)c1)c1ccccc1. The Morgan fingerprint density at radius 1 is 1.15 bits per heavy atom. The van der Waals surface area contributed by atoms with Crippen molar-refractivity contribution >= 4 is 29.3 Å². The summed E-state index contributed by atoms with van der Waals surface area (Å²) >= 11 is 1.23. The predicted octanol–water partition coefficient (Wildman–Crippen LogP) is 3.28. The molecule has 0 bridgehead atoms. The summed E-state index contributed by atoms with van der Waals surface area (Å²) in [7, 11) is 0. The number of carbonyl (C=O) groups is 1. The molecule has 1 aliphatic rings. The lowest BCUT2D eigenvalue weighted by atomic mass is 10.2. The Labute approximate surface area is 195 Å². The van der Waals surface area contributed by atoms with Crippen molar-refractivity contribution in [1.29, 1.82) is 5.26 Å². The summed E-state index contributed by atoms with van der Waals surface area (Å²) in [6, 6.07) is 17.6. The van der Waals surface area contributed by atoms with Crippen LogP contribution in [0.15, 0.2) is 59.8 Å². The van der Waals surface area contributed by atoms with Crippen LogP contribution in [0.5, 0.6) is 0 Å². The summed E-state index contributed by atoms with van der Waals surface area (Å²) in [5, 5.41) is 18.2. The van der Waals surface area contributed by atoms with Gasteiger partial charge in [0.1, 0.15) is 5.82 Å². The van der Waals surface area contributed by atoms with Crippen LogP contribution in [0, 0.1) is 17.1 Å². The lowest BCUT2D eigenvalue weighted by molar-refractivity contribution is -0.116. The van der Waals surface area contributed by atoms with E-state index in [9.17, 15) is 9.18 Å². The summed E-state index contributed by atoms with van der Waals surface area (Å²) in [5.41, 5.74) is 1.32. The monoisotopic (exact) mass is 466 g/mol. The number of ether oxygens (including phenoxy) is 1. The van der Waals surface area contributed by atoms with Crippen LogP contribution in [0.4, 0.5) is 16.0 Å². The first-order chi connectivity index (χ1) is 16.2. The number of thioether (sulfide) groups is 1. The van der Waals surface area contributed by atoms with E-state index < -0.39 is 0 Å². The van der Waals surface area contributed by atoms with Gasteiger partial charge in [-0.25, -0.2) is 4.39 Å². The molecule has 1 aromatic heterocycles. The number of hydrogen-bond donors (Lipinski definition) is 0. The highest BCUT2D eigenvalue weighted by molar-refractivity contribution is 7.99. The molecule has 8 nitrogen and oxygen atoms in total. The molecule has 1 aliphatic heterocycles. The van der Waals surface area contributed by atoms with E-state index in [1.54, 1.807) is 21.6 Å². The van der Waals surface area contributed by atoms with E-state index in [2.05, 4.69) is 16.3 Å². The van der Waals surface area contributed by atoms with Gasteiger partial charge in [0.25, 0.3) is 0 Å². The van der Waals surface area contributed by atoms with Crippen LogP contribution in [-0.2, 0) is 9.53 Å². The molecule has 1 fully saturated rings. The summed E-state index contributed by atoms with van der Waals surface area (Å²) in [6.07, 6.45) is 0.228. The maximum absolute atomic E-state index is 14.0. The molecule has 0 N–H and O–H groups in total. The Morgan fingerprint density at radius 3 is 2.67 bits per heavy atom. The number of halogens is 1. The van der Waals surface area contributed by atoms with E-state index in [0.717, 1.165) is 5.69 Å². The van der Waals surface area contributed by atoms with Crippen molar-refractivity contribution in [1.82, 2.24) is 14.8 Å². The van der Waals surface area contributed by atoms with Gasteiger partial charge in [-0.1, -0.05) is 36.0 Å². The smallest absolute Gasteiger partial charge is 0.237 e. The number of hydrogen-bond acceptors (Lipinski definition) is 7. The second-order valence-electron chi connectivity index (χ2n) is 7.27. The molecule has 0 radical (unpaired) electrons. The van der Waals surface area contributed by atoms with Crippen molar-refractivity contribution in [2.24, 2.45) is 0 Å². The lowest BCUT2D eigenvalue weighted by Gasteiger charge is -2.28. The van der Waals surface area contributed by atoms with E-state index in [1.807, 2.05) is 35.2 Å². The Bertz CT molecular complexity index is 1130. The summed E-state index contributed by atoms with van der Waals surface area (Å²) in [6.45, 7) is 2.74. The fourth-order valence-corrected chi connectivity index (χ4v) is 4.36. The highest BCUT2D eigenvalue weighted by Crippen LogP contribution is 2.28. The minimum Gasteiger partial charge on any atom is -0.378 e. The van der Waals surface area contributed by atoms with Gasteiger partial charge in [0.15, 0.2) is 5.16 Å². The highest BCUT2D eigenvalue weighted by Gasteiger charge is 2.24. The summed E-state index contributed by atoms with van der Waals surface area (Å²) < 4.78 is 21.2. The largest absolute Gasteiger partial charge is 0.378 e. The van der Waals surface area contributed by atoms with Crippen LogP contribution in [0.1, 0.15) is 6.42 Å². The predicted molar refractivity (Wildman–Crippen MR) is 124 cm³/mol. The molecule has 0 spiro atoms. The Balaban J connectivity index is 1.59. The molecule has 1 saturated heterocycles. The van der Waals surface area contributed by atoms with E-state index in [0.29, 0.717) is 49.6 Å². The van der Waals surface area contributed by atoms with Gasteiger partial charge in [0.05, 0.1) is 37.1 Å². The molecule has 2 heterocycles. The third-order valence-electron chi connectivity index (χ3n) is 5.12. The van der Waals surface area contributed by atoms with Gasteiger partial charge in [0, 0.05) is 25.3 Å². The van der Waals surface area contributed by atoms with Crippen molar-refractivity contribution < 1.29 is 13.9 Å². The van der Waals surface area contributed by atoms with Gasteiger partial charge in [0.2, 0.25) is 11.9 Å². The number of anilines is 2. The number of aromatic nitrogens is 3. The molecule has 1 amide bonds. The average molecular weight is 467 g/mol. The quantitative estimate of drug-likeness (QED) is 0.471. The minimum absolute atomic E-state index is 0.0941. The maximum atomic E-state index is 14.0. The maximum Gasteiger partial charge on any atom is 0.237 e. The number of carbonyl (C=O) groups excluding carboxylic acids is 1. The van der Waals surface area contributed by atoms with Crippen molar-refractivity contribution in [3.63, 3.8) is 0 Å². The number of nitrogens with zero attached hydrogens (tertiary/aromatic N) is 6. The zero-order valence-electron chi connectivity index (χ0n) is 17.9. The number of nitriles is 1. The number of morpholine rings is 1. The van der Waals surface area contributed by atoms with Gasteiger partial charge in [-0.3, -0.25) is 9.36 Å². The second-order valence-corrected chi connectivity index (χ2v) is 8.22. The van der Waals surface area contributed by atoms with Crippen molar-refractivity contribution in [3.05, 3.63) is 60.4 Å². The van der Waals surface area contributed by atoms with E-state index >= 15 is 0 Å². The molecule has 170 valence electrons. The Morgan fingerprint density at radius 2 is 1.94 bits per heavy atom. The first kappa shape index (κ1) is 22.8. The van der Waals surface area contributed by atoms with E-state index in [4.69, 9.17) is 10.00 Å². The number of rotatable bonds is 8. The molecular formula is C23H23FN6O2S. The molecule has 3 aromatic rings. The molecular weight excluding hydrogens is 443 g/mol. The Hall–Kier alpha value is -3.42. The first-order valence-electron chi connectivity index (χ1n) is 10.6. The van der Waals surface area contributed by atoms with Crippen LogP contribution < -0.4 is 9.80 Å². The van der Waals surface area contributed by atoms with Crippen LogP contribution in [0.3, 0.4) is 0 Å². The first-order valence-corrected chi connectivity index (χ1v) is 11.5. The molecule has 0 saturated carbocycles. The van der Waals surface area contributed by atoms with Gasteiger partial charge < -0.3 is 14.5 Å². The van der Waals surface area contributed by atoms with Gasteiger partial charge in [-0.15, -0.1) is 10.2 Å². The van der Waals surface area contributed by atoms with Crippen LogP contribution in [0.25, 0.3) is 5.69 Å². The van der Waals surface area contributed by atoms with Crippen LogP contribution in [0.2, 0.25) is 0 Å². The van der Waals surface area contributed by atoms with Gasteiger partial charge in [-0.05, 0) is 30.3 Å². The van der Waals surface area contributed by atoms with Crippen LogP contribution in [-0.4, -0.2) is 59.3 Å². The van der Waals surface area contributed by atoms with Crippen molar-refractivity contribution in [2.75, 3.05) is 48.4 Å². The lowest BCUT2D eigenvalue weighted by Crippen LogP contribution is -2.38. The normalized spacial score (nSPS) is 13.5. The van der Waals surface area contributed by atoms with Gasteiger partial charge >= 0.3 is 0 Å². The zero-order valence-corrected chi connectivity index (χ0v) is 18.7. The van der Waals surface area contributed by atoms with E-state index in [1.165, 1.54) is 23.9 Å². The molecule has 4 rings (SSSR count). The Kier molecular flexibility index (Phi) is 7.55. The number of para-hydroxylation sites is 1. The average Bonchev–Trinajstić information content (AvgIpc) is 3.28.